The van der Waals surface area contributed by atoms with E-state index < -0.39 is 0 Å². The van der Waals surface area contributed by atoms with Gasteiger partial charge in [0.15, 0.2) is 0 Å². The van der Waals surface area contributed by atoms with Gasteiger partial charge in [0.2, 0.25) is 0 Å². The van der Waals surface area contributed by atoms with Crippen molar-refractivity contribution in [3.8, 4) is 0 Å². The van der Waals surface area contributed by atoms with E-state index in [4.69, 9.17) is 4.74 Å². The third-order valence-corrected chi connectivity index (χ3v) is 4.19. The Morgan fingerprint density at radius 3 is 2.84 bits per heavy atom. The van der Waals surface area contributed by atoms with Crippen molar-refractivity contribution in [2.45, 2.75) is 32.2 Å². The van der Waals surface area contributed by atoms with E-state index >= 15 is 0 Å². The topological polar surface area (TPSA) is 47.4 Å². The van der Waals surface area contributed by atoms with Crippen LogP contribution in [0.2, 0.25) is 0 Å². The number of carbonyl (C=O) groups excluding carboxylic acids is 1. The third kappa shape index (κ3) is 2.52. The second-order valence-corrected chi connectivity index (χ2v) is 5.69. The standard InChI is InChI=1S/C14H21N3O2/c1-10-13(7-15-16(10)2)14(18)17(12-3-4-12)8-11-5-6-19-9-11/h7,11-12H,3-6,8-9H2,1-2H3. The number of carbonyl (C=O) groups is 1. The molecule has 0 bridgehead atoms. The molecule has 1 aromatic heterocycles. The van der Waals surface area contributed by atoms with Gasteiger partial charge in [-0.05, 0) is 26.2 Å². The molecule has 2 fully saturated rings. The molecule has 3 rings (SSSR count). The van der Waals surface area contributed by atoms with Crippen molar-refractivity contribution in [2.24, 2.45) is 13.0 Å². The van der Waals surface area contributed by atoms with Crippen molar-refractivity contribution < 1.29 is 9.53 Å². The fourth-order valence-electron chi connectivity index (χ4n) is 2.65. The SMILES string of the molecule is Cc1c(C(=O)N(CC2CCOC2)C2CC2)cnn1C. The minimum Gasteiger partial charge on any atom is -0.381 e. The first kappa shape index (κ1) is 12.7. The molecule has 5 nitrogen and oxygen atoms in total. The summed E-state index contributed by atoms with van der Waals surface area (Å²) < 4.78 is 7.18. The smallest absolute Gasteiger partial charge is 0.257 e. The van der Waals surface area contributed by atoms with Crippen LogP contribution >= 0.6 is 0 Å². The van der Waals surface area contributed by atoms with Gasteiger partial charge in [0, 0.05) is 37.9 Å². The van der Waals surface area contributed by atoms with E-state index in [0.29, 0.717) is 12.0 Å². The Hall–Kier alpha value is -1.36. The van der Waals surface area contributed by atoms with Crippen LogP contribution in [0.15, 0.2) is 6.20 Å². The summed E-state index contributed by atoms with van der Waals surface area (Å²) in [7, 11) is 1.87. The van der Waals surface area contributed by atoms with Gasteiger partial charge < -0.3 is 9.64 Å². The van der Waals surface area contributed by atoms with E-state index in [9.17, 15) is 4.79 Å². The average Bonchev–Trinajstić information content (AvgIpc) is 3.01. The van der Waals surface area contributed by atoms with Crippen molar-refractivity contribution in [1.29, 1.82) is 0 Å². The lowest BCUT2D eigenvalue weighted by molar-refractivity contribution is 0.0705. The molecule has 2 aliphatic rings. The molecule has 1 aliphatic carbocycles. The summed E-state index contributed by atoms with van der Waals surface area (Å²) in [5, 5.41) is 4.18. The second kappa shape index (κ2) is 4.96. The van der Waals surface area contributed by atoms with E-state index in [1.165, 1.54) is 0 Å². The molecule has 0 aromatic carbocycles. The van der Waals surface area contributed by atoms with Crippen LogP contribution < -0.4 is 0 Å². The van der Waals surface area contributed by atoms with Crippen molar-refractivity contribution in [1.82, 2.24) is 14.7 Å². The van der Waals surface area contributed by atoms with Gasteiger partial charge >= 0.3 is 0 Å². The molecule has 0 radical (unpaired) electrons. The Morgan fingerprint density at radius 2 is 2.32 bits per heavy atom. The molecule has 0 spiro atoms. The van der Waals surface area contributed by atoms with Crippen molar-refractivity contribution >= 4 is 5.91 Å². The van der Waals surface area contributed by atoms with E-state index in [-0.39, 0.29) is 5.91 Å². The third-order valence-electron chi connectivity index (χ3n) is 4.19. The number of amides is 1. The Kier molecular flexibility index (Phi) is 3.31. The summed E-state index contributed by atoms with van der Waals surface area (Å²) in [4.78, 5) is 14.7. The number of aryl methyl sites for hydroxylation is 1. The predicted molar refractivity (Wildman–Crippen MR) is 70.9 cm³/mol. The predicted octanol–water partition coefficient (Wildman–Crippen LogP) is 1.37. The number of rotatable bonds is 4. The molecule has 1 unspecified atom stereocenters. The molecule has 1 atom stereocenters. The number of hydrogen-bond acceptors (Lipinski definition) is 3. The highest BCUT2D eigenvalue weighted by Crippen LogP contribution is 2.30. The molecular weight excluding hydrogens is 242 g/mol. The summed E-state index contributed by atoms with van der Waals surface area (Å²) in [5.74, 6) is 0.640. The molecule has 2 heterocycles. The Morgan fingerprint density at radius 1 is 1.53 bits per heavy atom. The fourth-order valence-corrected chi connectivity index (χ4v) is 2.65. The maximum Gasteiger partial charge on any atom is 0.257 e. The lowest BCUT2D eigenvalue weighted by Crippen LogP contribution is -2.37. The zero-order valence-corrected chi connectivity index (χ0v) is 11.6. The minimum absolute atomic E-state index is 0.139. The zero-order chi connectivity index (χ0) is 13.4. The highest BCUT2D eigenvalue weighted by molar-refractivity contribution is 5.95. The van der Waals surface area contributed by atoms with Crippen LogP contribution in [-0.4, -0.2) is 46.4 Å². The van der Waals surface area contributed by atoms with E-state index in [1.807, 2.05) is 18.9 Å². The molecule has 0 N–H and O–H groups in total. The first-order valence-electron chi connectivity index (χ1n) is 7.04. The van der Waals surface area contributed by atoms with Crippen LogP contribution in [0, 0.1) is 12.8 Å². The summed E-state index contributed by atoms with van der Waals surface area (Å²) in [6.45, 7) is 4.41. The Bertz CT molecular complexity index is 473. The van der Waals surface area contributed by atoms with Gasteiger partial charge in [-0.1, -0.05) is 0 Å². The van der Waals surface area contributed by atoms with Gasteiger partial charge in [-0.3, -0.25) is 9.48 Å². The Labute approximate surface area is 113 Å². The molecule has 5 heteroatoms. The van der Waals surface area contributed by atoms with E-state index in [1.54, 1.807) is 10.9 Å². The fraction of sp³-hybridized carbons (Fsp3) is 0.714. The summed E-state index contributed by atoms with van der Waals surface area (Å²) in [6.07, 6.45) is 5.04. The summed E-state index contributed by atoms with van der Waals surface area (Å²) in [6, 6.07) is 0.438. The molecule has 104 valence electrons. The molecule has 1 saturated carbocycles. The number of ether oxygens (including phenoxy) is 1. The van der Waals surface area contributed by atoms with Gasteiger partial charge in [0.05, 0.1) is 18.4 Å². The van der Waals surface area contributed by atoms with Gasteiger partial charge in [0.1, 0.15) is 0 Å². The van der Waals surface area contributed by atoms with Crippen molar-refractivity contribution in [3.63, 3.8) is 0 Å². The van der Waals surface area contributed by atoms with Crippen LogP contribution in [0.5, 0.6) is 0 Å². The molecule has 1 amide bonds. The quantitative estimate of drug-likeness (QED) is 0.824. The first-order valence-corrected chi connectivity index (χ1v) is 7.04. The van der Waals surface area contributed by atoms with Crippen LogP contribution in [0.25, 0.3) is 0 Å². The molecule has 1 aromatic rings. The maximum atomic E-state index is 12.7. The van der Waals surface area contributed by atoms with E-state index in [0.717, 1.165) is 50.3 Å². The lowest BCUT2D eigenvalue weighted by Gasteiger charge is -2.25. The second-order valence-electron chi connectivity index (χ2n) is 5.69. The first-order chi connectivity index (χ1) is 9.16. The normalized spacial score (nSPS) is 22.7. The molecule has 19 heavy (non-hydrogen) atoms. The molecule has 1 aliphatic heterocycles. The average molecular weight is 263 g/mol. The minimum atomic E-state index is 0.139. The van der Waals surface area contributed by atoms with Crippen LogP contribution in [0.4, 0.5) is 0 Å². The highest BCUT2D eigenvalue weighted by Gasteiger charge is 2.36. The Balaban J connectivity index is 1.75. The van der Waals surface area contributed by atoms with Crippen LogP contribution in [0.1, 0.15) is 35.3 Å². The van der Waals surface area contributed by atoms with Crippen LogP contribution in [-0.2, 0) is 11.8 Å². The number of nitrogens with zero attached hydrogens (tertiary/aromatic N) is 3. The van der Waals surface area contributed by atoms with Crippen molar-refractivity contribution in [2.75, 3.05) is 19.8 Å². The van der Waals surface area contributed by atoms with Gasteiger partial charge in [-0.25, -0.2) is 0 Å². The summed E-state index contributed by atoms with van der Waals surface area (Å²) in [5.41, 5.74) is 1.69. The summed E-state index contributed by atoms with van der Waals surface area (Å²) >= 11 is 0. The van der Waals surface area contributed by atoms with E-state index in [2.05, 4.69) is 5.10 Å². The number of hydrogen-bond donors (Lipinski definition) is 0. The van der Waals surface area contributed by atoms with Gasteiger partial charge in [-0.2, -0.15) is 5.10 Å². The lowest BCUT2D eigenvalue weighted by atomic mass is 10.1. The zero-order valence-electron chi connectivity index (χ0n) is 11.6. The number of aromatic nitrogens is 2. The van der Waals surface area contributed by atoms with Gasteiger partial charge in [0.25, 0.3) is 5.91 Å². The van der Waals surface area contributed by atoms with Crippen molar-refractivity contribution in [3.05, 3.63) is 17.5 Å². The highest BCUT2D eigenvalue weighted by atomic mass is 16.5. The largest absolute Gasteiger partial charge is 0.381 e. The maximum absolute atomic E-state index is 12.7. The molecule has 1 saturated heterocycles. The monoisotopic (exact) mass is 263 g/mol. The molecular formula is C14H21N3O2. The van der Waals surface area contributed by atoms with Gasteiger partial charge in [-0.15, -0.1) is 0 Å². The van der Waals surface area contributed by atoms with Crippen LogP contribution in [0.3, 0.4) is 0 Å².